The summed E-state index contributed by atoms with van der Waals surface area (Å²) in [5.74, 6) is -1.28. The summed E-state index contributed by atoms with van der Waals surface area (Å²) in [6, 6.07) is 12.2. The molecule has 1 atom stereocenters. The van der Waals surface area contributed by atoms with Gasteiger partial charge in [0.25, 0.3) is 0 Å². The van der Waals surface area contributed by atoms with E-state index in [1.807, 2.05) is 0 Å². The van der Waals surface area contributed by atoms with Crippen molar-refractivity contribution in [2.75, 3.05) is 0 Å². The SMILES string of the molecule is O=C(O)C(NS(=O)(=O)c1ccc(Cl)cc1)c1ccccc1. The minimum absolute atomic E-state index is 0.0471. The van der Waals surface area contributed by atoms with Crippen molar-refractivity contribution in [3.05, 3.63) is 65.2 Å². The van der Waals surface area contributed by atoms with Crippen LogP contribution in [0.1, 0.15) is 11.6 Å². The monoisotopic (exact) mass is 325 g/mol. The molecule has 2 N–H and O–H groups in total. The minimum Gasteiger partial charge on any atom is -0.480 e. The number of benzene rings is 2. The maximum Gasteiger partial charge on any atom is 0.326 e. The third-order valence-corrected chi connectivity index (χ3v) is 4.47. The highest BCUT2D eigenvalue weighted by atomic mass is 35.5. The average Bonchev–Trinajstić information content (AvgIpc) is 2.46. The van der Waals surface area contributed by atoms with Crippen LogP contribution in [-0.2, 0) is 14.8 Å². The number of aliphatic carboxylic acids is 1. The van der Waals surface area contributed by atoms with E-state index in [1.165, 1.54) is 24.3 Å². The van der Waals surface area contributed by atoms with E-state index in [-0.39, 0.29) is 4.90 Å². The fourth-order valence-electron chi connectivity index (χ4n) is 1.74. The number of hydrogen-bond donors (Lipinski definition) is 2. The van der Waals surface area contributed by atoms with Gasteiger partial charge in [0.1, 0.15) is 6.04 Å². The third-order valence-electron chi connectivity index (χ3n) is 2.78. The Hall–Kier alpha value is -1.89. The Bertz CT molecular complexity index is 729. The quantitative estimate of drug-likeness (QED) is 0.884. The van der Waals surface area contributed by atoms with Crippen molar-refractivity contribution >= 4 is 27.6 Å². The molecular formula is C14H12ClNO4S. The van der Waals surface area contributed by atoms with Crippen molar-refractivity contribution in [1.82, 2.24) is 4.72 Å². The van der Waals surface area contributed by atoms with E-state index in [2.05, 4.69) is 4.72 Å². The maximum atomic E-state index is 12.2. The minimum atomic E-state index is -3.96. The first-order valence-corrected chi connectivity index (χ1v) is 7.82. The average molecular weight is 326 g/mol. The molecule has 2 aromatic carbocycles. The molecule has 2 rings (SSSR count). The van der Waals surface area contributed by atoms with E-state index >= 15 is 0 Å². The molecule has 0 amide bonds. The lowest BCUT2D eigenvalue weighted by atomic mass is 10.1. The topological polar surface area (TPSA) is 83.5 Å². The largest absolute Gasteiger partial charge is 0.480 e. The molecule has 0 aliphatic rings. The van der Waals surface area contributed by atoms with Crippen LogP contribution in [0.2, 0.25) is 5.02 Å². The Kier molecular flexibility index (Phi) is 4.62. The van der Waals surface area contributed by atoms with Crippen molar-refractivity contribution in [3.63, 3.8) is 0 Å². The number of hydrogen-bond acceptors (Lipinski definition) is 3. The van der Waals surface area contributed by atoms with Crippen LogP contribution in [0.4, 0.5) is 0 Å². The first kappa shape index (κ1) is 15.5. The zero-order valence-electron chi connectivity index (χ0n) is 10.7. The second-order valence-electron chi connectivity index (χ2n) is 4.26. The molecule has 0 saturated heterocycles. The number of nitrogens with one attached hydrogen (secondary N) is 1. The van der Waals surface area contributed by atoms with Gasteiger partial charge in [0.05, 0.1) is 4.90 Å². The van der Waals surface area contributed by atoms with E-state index in [0.717, 1.165) is 0 Å². The first-order chi connectivity index (χ1) is 9.90. The Morgan fingerprint density at radius 3 is 2.14 bits per heavy atom. The number of carboxylic acids is 1. The zero-order valence-corrected chi connectivity index (χ0v) is 12.3. The highest BCUT2D eigenvalue weighted by Gasteiger charge is 2.26. The van der Waals surface area contributed by atoms with Crippen LogP contribution >= 0.6 is 11.6 Å². The van der Waals surface area contributed by atoms with Crippen molar-refractivity contribution in [2.24, 2.45) is 0 Å². The van der Waals surface area contributed by atoms with Gasteiger partial charge in [-0.2, -0.15) is 4.72 Å². The van der Waals surface area contributed by atoms with E-state index in [4.69, 9.17) is 11.6 Å². The molecule has 0 spiro atoms. The number of carboxylic acid groups (broad SMARTS) is 1. The summed E-state index contributed by atoms with van der Waals surface area (Å²) in [5, 5.41) is 9.63. The fraction of sp³-hybridized carbons (Fsp3) is 0.0714. The smallest absolute Gasteiger partial charge is 0.326 e. The predicted molar refractivity (Wildman–Crippen MR) is 78.6 cm³/mol. The highest BCUT2D eigenvalue weighted by molar-refractivity contribution is 7.89. The molecule has 5 nitrogen and oxygen atoms in total. The molecule has 0 bridgehead atoms. The molecule has 110 valence electrons. The summed E-state index contributed by atoms with van der Waals surface area (Å²) in [5.41, 5.74) is 0.350. The summed E-state index contributed by atoms with van der Waals surface area (Å²) in [7, 11) is -3.96. The molecular weight excluding hydrogens is 314 g/mol. The van der Waals surface area contributed by atoms with Crippen molar-refractivity contribution in [1.29, 1.82) is 0 Å². The molecule has 0 fully saturated rings. The molecule has 0 aliphatic heterocycles. The maximum absolute atomic E-state index is 12.2. The van der Waals surface area contributed by atoms with Gasteiger partial charge in [-0.15, -0.1) is 0 Å². The van der Waals surface area contributed by atoms with Crippen LogP contribution in [0.15, 0.2) is 59.5 Å². The van der Waals surface area contributed by atoms with Gasteiger partial charge in [0, 0.05) is 5.02 Å². The van der Waals surface area contributed by atoms with Crippen LogP contribution in [0.5, 0.6) is 0 Å². The molecule has 1 unspecified atom stereocenters. The summed E-state index contributed by atoms with van der Waals surface area (Å²) >= 11 is 5.70. The lowest BCUT2D eigenvalue weighted by Gasteiger charge is -2.15. The van der Waals surface area contributed by atoms with Crippen molar-refractivity contribution in [3.8, 4) is 0 Å². The van der Waals surface area contributed by atoms with Crippen LogP contribution in [-0.4, -0.2) is 19.5 Å². The standard InChI is InChI=1S/C14H12ClNO4S/c15-11-6-8-12(9-7-11)21(19,20)16-13(14(17)18)10-4-2-1-3-5-10/h1-9,13,16H,(H,17,18). The Morgan fingerprint density at radius 1 is 1.05 bits per heavy atom. The number of rotatable bonds is 5. The van der Waals surface area contributed by atoms with Crippen LogP contribution in [0.25, 0.3) is 0 Å². The van der Waals surface area contributed by atoms with E-state index in [0.29, 0.717) is 10.6 Å². The lowest BCUT2D eigenvalue weighted by molar-refractivity contribution is -0.139. The Labute approximate surface area is 127 Å². The summed E-state index contributed by atoms with van der Waals surface area (Å²) in [6.07, 6.45) is 0. The second-order valence-corrected chi connectivity index (χ2v) is 6.41. The van der Waals surface area contributed by atoms with Crippen LogP contribution < -0.4 is 4.72 Å². The summed E-state index contributed by atoms with van der Waals surface area (Å²) in [4.78, 5) is 11.3. The predicted octanol–water partition coefficient (Wildman–Crippen LogP) is 2.44. The fourth-order valence-corrected chi connectivity index (χ4v) is 3.05. The molecule has 2 aromatic rings. The second kappa shape index (κ2) is 6.26. The van der Waals surface area contributed by atoms with Gasteiger partial charge in [-0.25, -0.2) is 8.42 Å². The third kappa shape index (κ3) is 3.81. The lowest BCUT2D eigenvalue weighted by Crippen LogP contribution is -2.33. The molecule has 0 aliphatic carbocycles. The van der Waals surface area contributed by atoms with Gasteiger partial charge < -0.3 is 5.11 Å². The van der Waals surface area contributed by atoms with Gasteiger partial charge in [-0.3, -0.25) is 4.79 Å². The molecule has 0 radical (unpaired) electrons. The van der Waals surface area contributed by atoms with Crippen LogP contribution in [0, 0.1) is 0 Å². The van der Waals surface area contributed by atoms with E-state index in [9.17, 15) is 18.3 Å². The first-order valence-electron chi connectivity index (χ1n) is 5.96. The number of carbonyl (C=O) groups is 1. The zero-order chi connectivity index (χ0) is 15.5. The molecule has 21 heavy (non-hydrogen) atoms. The molecule has 0 aromatic heterocycles. The van der Waals surface area contributed by atoms with Gasteiger partial charge in [0.15, 0.2) is 0 Å². The van der Waals surface area contributed by atoms with Gasteiger partial charge in [-0.1, -0.05) is 41.9 Å². The van der Waals surface area contributed by atoms with Crippen LogP contribution in [0.3, 0.4) is 0 Å². The highest BCUT2D eigenvalue weighted by Crippen LogP contribution is 2.19. The van der Waals surface area contributed by atoms with Crippen molar-refractivity contribution in [2.45, 2.75) is 10.9 Å². The van der Waals surface area contributed by atoms with E-state index < -0.39 is 22.0 Å². The molecule has 7 heteroatoms. The van der Waals surface area contributed by atoms with Gasteiger partial charge >= 0.3 is 5.97 Å². The normalized spacial score (nSPS) is 12.8. The molecule has 0 saturated carbocycles. The molecule has 0 heterocycles. The number of halogens is 1. The van der Waals surface area contributed by atoms with Crippen molar-refractivity contribution < 1.29 is 18.3 Å². The van der Waals surface area contributed by atoms with Gasteiger partial charge in [0.2, 0.25) is 10.0 Å². The summed E-state index contributed by atoms with van der Waals surface area (Å²) < 4.78 is 26.6. The summed E-state index contributed by atoms with van der Waals surface area (Å²) in [6.45, 7) is 0. The van der Waals surface area contributed by atoms with Gasteiger partial charge in [-0.05, 0) is 29.8 Å². The number of sulfonamides is 1. The Balaban J connectivity index is 2.32. The van der Waals surface area contributed by atoms with E-state index in [1.54, 1.807) is 30.3 Å². The Morgan fingerprint density at radius 2 is 1.62 bits per heavy atom.